The molecule has 2 heterocycles. The smallest absolute Gasteiger partial charge is 0.250 e. The summed E-state index contributed by atoms with van der Waals surface area (Å²) in [5.74, 6) is 1.17. The standard InChI is InChI=1S/C13H21N3OS/c1-13(2)10-15(7-8-18-13)5-6-16-9-11(14)3-4-12(16)17/h3-4,9H,5-8,10,14H2,1-2H3. The van der Waals surface area contributed by atoms with Gasteiger partial charge in [-0.25, -0.2) is 0 Å². The molecular formula is C13H21N3OS. The van der Waals surface area contributed by atoms with Crippen molar-refractivity contribution in [1.29, 1.82) is 0 Å². The van der Waals surface area contributed by atoms with E-state index in [-0.39, 0.29) is 5.56 Å². The Hall–Kier alpha value is -0.940. The number of pyridine rings is 1. The molecule has 1 aliphatic rings. The summed E-state index contributed by atoms with van der Waals surface area (Å²) in [4.78, 5) is 14.1. The van der Waals surface area contributed by atoms with E-state index in [1.165, 1.54) is 11.8 Å². The Bertz CT molecular complexity index is 470. The molecule has 100 valence electrons. The summed E-state index contributed by atoms with van der Waals surface area (Å²) in [6.45, 7) is 8.35. The van der Waals surface area contributed by atoms with E-state index in [9.17, 15) is 4.79 Å². The normalized spacial score (nSPS) is 19.9. The molecule has 0 radical (unpaired) electrons. The van der Waals surface area contributed by atoms with Crippen molar-refractivity contribution < 1.29 is 0 Å². The Morgan fingerprint density at radius 2 is 2.17 bits per heavy atom. The summed E-state index contributed by atoms with van der Waals surface area (Å²) < 4.78 is 2.02. The molecule has 2 N–H and O–H groups in total. The summed E-state index contributed by atoms with van der Waals surface area (Å²) >= 11 is 2.02. The molecule has 1 aliphatic heterocycles. The molecule has 0 bridgehead atoms. The van der Waals surface area contributed by atoms with E-state index in [0.717, 1.165) is 19.6 Å². The van der Waals surface area contributed by atoms with Crippen LogP contribution in [-0.4, -0.2) is 39.6 Å². The molecule has 0 spiro atoms. The zero-order chi connectivity index (χ0) is 13.2. The highest BCUT2D eigenvalue weighted by atomic mass is 32.2. The average molecular weight is 267 g/mol. The summed E-state index contributed by atoms with van der Waals surface area (Å²) in [7, 11) is 0. The van der Waals surface area contributed by atoms with Gasteiger partial charge in [-0.1, -0.05) is 0 Å². The number of aromatic nitrogens is 1. The lowest BCUT2D eigenvalue weighted by atomic mass is 10.2. The first kappa shape index (κ1) is 13.5. The van der Waals surface area contributed by atoms with Crippen LogP contribution in [0.1, 0.15) is 13.8 Å². The molecule has 1 aromatic rings. The van der Waals surface area contributed by atoms with Crippen LogP contribution in [0.15, 0.2) is 23.1 Å². The van der Waals surface area contributed by atoms with E-state index in [2.05, 4.69) is 18.7 Å². The van der Waals surface area contributed by atoms with Gasteiger partial charge >= 0.3 is 0 Å². The summed E-state index contributed by atoms with van der Waals surface area (Å²) in [5.41, 5.74) is 6.37. The highest BCUT2D eigenvalue weighted by molar-refractivity contribution is 8.00. The fourth-order valence-electron chi connectivity index (χ4n) is 2.28. The molecular weight excluding hydrogens is 246 g/mol. The molecule has 0 saturated carbocycles. The van der Waals surface area contributed by atoms with Gasteiger partial charge in [0.1, 0.15) is 0 Å². The van der Waals surface area contributed by atoms with Crippen molar-refractivity contribution in [3.63, 3.8) is 0 Å². The first-order valence-corrected chi connectivity index (χ1v) is 7.27. The third kappa shape index (κ3) is 3.53. The Balaban J connectivity index is 1.95. The summed E-state index contributed by atoms with van der Waals surface area (Å²) in [6, 6.07) is 3.19. The second kappa shape index (κ2) is 5.36. The van der Waals surface area contributed by atoms with Crippen molar-refractivity contribution in [2.45, 2.75) is 25.1 Å². The topological polar surface area (TPSA) is 51.3 Å². The van der Waals surface area contributed by atoms with Gasteiger partial charge < -0.3 is 10.3 Å². The number of rotatable bonds is 3. The lowest BCUT2D eigenvalue weighted by molar-refractivity contribution is 0.249. The van der Waals surface area contributed by atoms with Crippen LogP contribution in [0.25, 0.3) is 0 Å². The van der Waals surface area contributed by atoms with Crippen molar-refractivity contribution in [2.75, 3.05) is 31.1 Å². The maximum atomic E-state index is 11.7. The SMILES string of the molecule is CC1(C)CN(CCn2cc(N)ccc2=O)CCS1. The van der Waals surface area contributed by atoms with Gasteiger partial charge in [0.2, 0.25) is 0 Å². The largest absolute Gasteiger partial charge is 0.398 e. The molecule has 5 heteroatoms. The molecule has 0 aromatic carbocycles. The second-order valence-corrected chi connectivity index (χ2v) is 7.18. The Morgan fingerprint density at radius 1 is 1.39 bits per heavy atom. The minimum atomic E-state index is 0.0230. The van der Waals surface area contributed by atoms with Crippen LogP contribution in [0.5, 0.6) is 0 Å². The zero-order valence-corrected chi connectivity index (χ0v) is 11.9. The number of hydrogen-bond acceptors (Lipinski definition) is 4. The van der Waals surface area contributed by atoms with Gasteiger partial charge in [0, 0.05) is 54.6 Å². The number of thioether (sulfide) groups is 1. The van der Waals surface area contributed by atoms with Crippen LogP contribution in [0.2, 0.25) is 0 Å². The quantitative estimate of drug-likeness (QED) is 0.896. The van der Waals surface area contributed by atoms with E-state index in [0.29, 0.717) is 17.0 Å². The van der Waals surface area contributed by atoms with Gasteiger partial charge in [0.25, 0.3) is 5.56 Å². The van der Waals surface area contributed by atoms with Gasteiger partial charge in [-0.3, -0.25) is 9.69 Å². The average Bonchev–Trinajstić information content (AvgIpc) is 2.29. The van der Waals surface area contributed by atoms with Crippen molar-refractivity contribution in [3.8, 4) is 0 Å². The summed E-state index contributed by atoms with van der Waals surface area (Å²) in [6.07, 6.45) is 1.73. The maximum Gasteiger partial charge on any atom is 0.250 e. The fourth-order valence-corrected chi connectivity index (χ4v) is 3.45. The highest BCUT2D eigenvalue weighted by Crippen LogP contribution is 2.29. The first-order chi connectivity index (χ1) is 8.46. The Labute approximate surface area is 112 Å². The van der Waals surface area contributed by atoms with Crippen molar-refractivity contribution in [3.05, 3.63) is 28.7 Å². The molecule has 0 aliphatic carbocycles. The van der Waals surface area contributed by atoms with Crippen LogP contribution in [0.3, 0.4) is 0 Å². The van der Waals surface area contributed by atoms with E-state index in [4.69, 9.17) is 5.73 Å². The lowest BCUT2D eigenvalue weighted by Crippen LogP contribution is -2.44. The molecule has 18 heavy (non-hydrogen) atoms. The highest BCUT2D eigenvalue weighted by Gasteiger charge is 2.26. The number of nitrogens with zero attached hydrogens (tertiary/aromatic N) is 2. The number of nitrogens with two attached hydrogens (primary N) is 1. The van der Waals surface area contributed by atoms with Gasteiger partial charge in [0.05, 0.1) is 0 Å². The van der Waals surface area contributed by atoms with Gasteiger partial charge in [0.15, 0.2) is 0 Å². The summed E-state index contributed by atoms with van der Waals surface area (Å²) in [5, 5.41) is 0. The maximum absolute atomic E-state index is 11.7. The second-order valence-electron chi connectivity index (χ2n) is 5.38. The van der Waals surface area contributed by atoms with E-state index < -0.39 is 0 Å². The fraction of sp³-hybridized carbons (Fsp3) is 0.615. The number of hydrogen-bond donors (Lipinski definition) is 1. The van der Waals surface area contributed by atoms with E-state index in [1.54, 1.807) is 16.8 Å². The minimum absolute atomic E-state index is 0.0230. The van der Waals surface area contributed by atoms with Crippen molar-refractivity contribution >= 4 is 17.4 Å². The lowest BCUT2D eigenvalue weighted by Gasteiger charge is -2.37. The molecule has 4 nitrogen and oxygen atoms in total. The molecule has 1 fully saturated rings. The third-order valence-electron chi connectivity index (χ3n) is 3.17. The van der Waals surface area contributed by atoms with Crippen LogP contribution >= 0.6 is 11.8 Å². The zero-order valence-electron chi connectivity index (χ0n) is 11.1. The predicted molar refractivity (Wildman–Crippen MR) is 78.1 cm³/mol. The van der Waals surface area contributed by atoms with Gasteiger partial charge in [-0.2, -0.15) is 11.8 Å². The third-order valence-corrected chi connectivity index (χ3v) is 4.47. The van der Waals surface area contributed by atoms with Crippen molar-refractivity contribution in [1.82, 2.24) is 9.47 Å². The van der Waals surface area contributed by atoms with Crippen LogP contribution in [0.4, 0.5) is 5.69 Å². The molecule has 1 aromatic heterocycles. The predicted octanol–water partition coefficient (Wildman–Crippen LogP) is 1.26. The number of nitrogen functional groups attached to an aromatic ring is 1. The van der Waals surface area contributed by atoms with Gasteiger partial charge in [-0.05, 0) is 19.9 Å². The molecule has 0 unspecified atom stereocenters. The monoisotopic (exact) mass is 267 g/mol. The Kier molecular flexibility index (Phi) is 4.02. The molecule has 1 saturated heterocycles. The molecule has 2 rings (SSSR count). The first-order valence-electron chi connectivity index (χ1n) is 6.29. The van der Waals surface area contributed by atoms with Crippen LogP contribution in [-0.2, 0) is 6.54 Å². The molecule has 0 atom stereocenters. The minimum Gasteiger partial charge on any atom is -0.398 e. The van der Waals surface area contributed by atoms with Crippen molar-refractivity contribution in [2.24, 2.45) is 0 Å². The van der Waals surface area contributed by atoms with E-state index >= 15 is 0 Å². The van der Waals surface area contributed by atoms with E-state index in [1.807, 2.05) is 11.8 Å². The Morgan fingerprint density at radius 3 is 2.89 bits per heavy atom. The number of anilines is 1. The van der Waals surface area contributed by atoms with Gasteiger partial charge in [-0.15, -0.1) is 0 Å². The van der Waals surface area contributed by atoms with Crippen LogP contribution in [0, 0.1) is 0 Å². The molecule has 0 amide bonds. The van der Waals surface area contributed by atoms with Crippen LogP contribution < -0.4 is 11.3 Å².